The summed E-state index contributed by atoms with van der Waals surface area (Å²) in [6.45, 7) is 1.51. The molecule has 1 fully saturated rings. The smallest absolute Gasteiger partial charge is 0.215 e. The highest BCUT2D eigenvalue weighted by Gasteiger charge is 2.21. The van der Waals surface area contributed by atoms with Gasteiger partial charge in [-0.05, 0) is 47.2 Å². The highest BCUT2D eigenvalue weighted by atomic mass is 32.2. The lowest BCUT2D eigenvalue weighted by Gasteiger charge is -2.22. The molecular weight excluding hydrogens is 300 g/mol. The molecule has 0 N–H and O–H groups in total. The molecule has 1 saturated heterocycles. The van der Waals surface area contributed by atoms with E-state index in [0.717, 1.165) is 47.3 Å². The number of rotatable bonds is 3. The van der Waals surface area contributed by atoms with E-state index in [1.165, 1.54) is 11.8 Å². The van der Waals surface area contributed by atoms with Gasteiger partial charge < -0.3 is 4.74 Å². The highest BCUT2D eigenvalue weighted by Crippen LogP contribution is 2.29. The van der Waals surface area contributed by atoms with Crippen LogP contribution in [0.2, 0.25) is 0 Å². The van der Waals surface area contributed by atoms with Gasteiger partial charge in [-0.1, -0.05) is 12.1 Å². The molecule has 0 unspecified atom stereocenters. The minimum Gasteiger partial charge on any atom is -0.381 e. The summed E-state index contributed by atoms with van der Waals surface area (Å²) >= 11 is 1.44. The van der Waals surface area contributed by atoms with E-state index in [1.54, 1.807) is 6.20 Å². The Morgan fingerprint density at radius 1 is 1.14 bits per heavy atom. The zero-order chi connectivity index (χ0) is 14.8. The monoisotopic (exact) mass is 314 g/mol. The van der Waals surface area contributed by atoms with Gasteiger partial charge in [-0.15, -0.1) is 5.10 Å². The average molecular weight is 314 g/mol. The normalized spacial score (nSPS) is 16.2. The predicted octanol–water partition coefficient (Wildman–Crippen LogP) is 2.12. The lowest BCUT2D eigenvalue weighted by Crippen LogP contribution is -2.21. The van der Waals surface area contributed by atoms with Crippen LogP contribution in [-0.2, 0) is 4.74 Å². The van der Waals surface area contributed by atoms with Gasteiger partial charge in [0.15, 0.2) is 0 Å². The second-order valence-corrected chi connectivity index (χ2v) is 6.04. The molecule has 0 atom stereocenters. The van der Waals surface area contributed by atoms with E-state index in [4.69, 9.17) is 4.74 Å². The molecule has 0 spiro atoms. The van der Waals surface area contributed by atoms with E-state index in [1.807, 2.05) is 28.9 Å². The lowest BCUT2D eigenvalue weighted by atomic mass is 10.1. The van der Waals surface area contributed by atoms with Crippen LogP contribution in [0.1, 0.15) is 18.9 Å². The van der Waals surface area contributed by atoms with Gasteiger partial charge in [-0.25, -0.2) is 9.67 Å². The van der Waals surface area contributed by atoms with Crippen molar-refractivity contribution in [3.05, 3.63) is 30.5 Å². The Kier molecular flexibility index (Phi) is 3.69. The van der Waals surface area contributed by atoms with Gasteiger partial charge >= 0.3 is 0 Å². The first-order valence-corrected chi connectivity index (χ1v) is 7.97. The first-order chi connectivity index (χ1) is 10.9. The van der Waals surface area contributed by atoms with Crippen molar-refractivity contribution >= 4 is 22.8 Å². The quantitative estimate of drug-likeness (QED) is 0.732. The summed E-state index contributed by atoms with van der Waals surface area (Å²) in [6, 6.07) is 8.10. The van der Waals surface area contributed by atoms with Crippen molar-refractivity contribution in [1.82, 2.24) is 30.2 Å². The van der Waals surface area contributed by atoms with Crippen molar-refractivity contribution in [2.45, 2.75) is 29.1 Å². The summed E-state index contributed by atoms with van der Waals surface area (Å²) in [5.41, 5.74) is 1.76. The zero-order valence-corrected chi connectivity index (χ0v) is 12.6. The predicted molar refractivity (Wildman–Crippen MR) is 80.6 cm³/mol. The molecule has 4 rings (SSSR count). The van der Waals surface area contributed by atoms with Crippen LogP contribution in [-0.4, -0.2) is 43.4 Å². The number of nitrogens with zero attached hydrogens (tertiary/aromatic N) is 6. The van der Waals surface area contributed by atoms with Gasteiger partial charge in [0.25, 0.3) is 0 Å². The van der Waals surface area contributed by atoms with Crippen LogP contribution >= 0.6 is 11.8 Å². The van der Waals surface area contributed by atoms with Crippen LogP contribution in [0.5, 0.6) is 0 Å². The maximum absolute atomic E-state index is 5.39. The van der Waals surface area contributed by atoms with E-state index in [-0.39, 0.29) is 0 Å². The Morgan fingerprint density at radius 2 is 1.95 bits per heavy atom. The second-order valence-electron chi connectivity index (χ2n) is 5.05. The molecule has 0 saturated carbocycles. The van der Waals surface area contributed by atoms with E-state index in [0.29, 0.717) is 6.04 Å². The molecule has 3 aromatic rings. The van der Waals surface area contributed by atoms with Gasteiger partial charge in [0.05, 0.1) is 23.3 Å². The molecule has 0 amide bonds. The Bertz CT molecular complexity index is 786. The SMILES string of the molecule is c1ccc2nc(Sc3nnnn3C3CCOCC3)cnc2c1. The number of hydrogen-bond donors (Lipinski definition) is 0. The molecule has 8 heteroatoms. The molecule has 2 aromatic heterocycles. The summed E-state index contributed by atoms with van der Waals surface area (Å²) < 4.78 is 7.27. The van der Waals surface area contributed by atoms with Crippen molar-refractivity contribution in [3.8, 4) is 0 Å². The van der Waals surface area contributed by atoms with Crippen LogP contribution in [0.15, 0.2) is 40.6 Å². The van der Waals surface area contributed by atoms with E-state index < -0.39 is 0 Å². The minimum atomic E-state index is 0.291. The molecule has 112 valence electrons. The highest BCUT2D eigenvalue weighted by molar-refractivity contribution is 7.99. The Morgan fingerprint density at radius 3 is 2.82 bits per heavy atom. The minimum absolute atomic E-state index is 0.291. The van der Waals surface area contributed by atoms with Crippen LogP contribution < -0.4 is 0 Å². The van der Waals surface area contributed by atoms with Gasteiger partial charge in [-0.3, -0.25) is 4.98 Å². The van der Waals surface area contributed by atoms with Crippen LogP contribution in [0.25, 0.3) is 11.0 Å². The van der Waals surface area contributed by atoms with Crippen molar-refractivity contribution in [2.75, 3.05) is 13.2 Å². The molecule has 1 aromatic carbocycles. The van der Waals surface area contributed by atoms with Gasteiger partial charge in [-0.2, -0.15) is 0 Å². The summed E-state index contributed by atoms with van der Waals surface area (Å²) in [5, 5.41) is 13.6. The summed E-state index contributed by atoms with van der Waals surface area (Å²) in [7, 11) is 0. The third kappa shape index (κ3) is 2.67. The third-order valence-corrected chi connectivity index (χ3v) is 4.48. The number of fused-ring (bicyclic) bond motifs is 1. The molecule has 0 bridgehead atoms. The van der Waals surface area contributed by atoms with Crippen LogP contribution in [0, 0.1) is 0 Å². The van der Waals surface area contributed by atoms with Crippen molar-refractivity contribution < 1.29 is 4.74 Å². The summed E-state index contributed by atoms with van der Waals surface area (Å²) in [4.78, 5) is 9.03. The lowest BCUT2D eigenvalue weighted by molar-refractivity contribution is 0.0631. The Balaban J connectivity index is 1.61. The van der Waals surface area contributed by atoms with Gasteiger partial charge in [0.1, 0.15) is 5.03 Å². The van der Waals surface area contributed by atoms with E-state index >= 15 is 0 Å². The molecule has 3 heterocycles. The Labute approximate surface area is 131 Å². The second kappa shape index (κ2) is 5.98. The fraction of sp³-hybridized carbons (Fsp3) is 0.357. The van der Waals surface area contributed by atoms with Gasteiger partial charge in [0.2, 0.25) is 5.16 Å². The summed E-state index contributed by atoms with van der Waals surface area (Å²) in [5.74, 6) is 0. The fourth-order valence-corrected chi connectivity index (χ4v) is 3.29. The van der Waals surface area contributed by atoms with Crippen molar-refractivity contribution in [2.24, 2.45) is 0 Å². The number of tetrazole rings is 1. The molecule has 0 aliphatic carbocycles. The number of hydrogen-bond acceptors (Lipinski definition) is 7. The number of aromatic nitrogens is 6. The van der Waals surface area contributed by atoms with Crippen molar-refractivity contribution in [3.63, 3.8) is 0 Å². The molecule has 1 aliphatic heterocycles. The topological polar surface area (TPSA) is 78.6 Å². The maximum Gasteiger partial charge on any atom is 0.215 e. The molecular formula is C14H14N6OS. The standard InChI is InChI=1S/C14H14N6OS/c1-2-4-12-11(3-1)15-9-13(16-12)22-14-17-18-19-20(14)10-5-7-21-8-6-10/h1-4,9-10H,5-8H2. The maximum atomic E-state index is 5.39. The fourth-order valence-electron chi connectivity index (χ4n) is 2.49. The average Bonchev–Trinajstić information content (AvgIpc) is 3.04. The Hall–Kier alpha value is -2.06. The molecule has 0 radical (unpaired) electrons. The van der Waals surface area contributed by atoms with E-state index in [9.17, 15) is 0 Å². The molecule has 1 aliphatic rings. The number of benzene rings is 1. The van der Waals surface area contributed by atoms with Crippen molar-refractivity contribution in [1.29, 1.82) is 0 Å². The van der Waals surface area contributed by atoms with Crippen LogP contribution in [0.3, 0.4) is 0 Å². The largest absolute Gasteiger partial charge is 0.381 e. The summed E-state index contributed by atoms with van der Waals surface area (Å²) in [6.07, 6.45) is 3.62. The number of ether oxygens (including phenoxy) is 1. The number of para-hydroxylation sites is 2. The van der Waals surface area contributed by atoms with Gasteiger partial charge in [0, 0.05) is 13.2 Å². The molecule has 7 nitrogen and oxygen atoms in total. The molecule has 22 heavy (non-hydrogen) atoms. The van der Waals surface area contributed by atoms with E-state index in [2.05, 4.69) is 25.5 Å². The first kappa shape index (κ1) is 13.6. The van der Waals surface area contributed by atoms with Crippen LogP contribution in [0.4, 0.5) is 0 Å². The zero-order valence-electron chi connectivity index (χ0n) is 11.8. The third-order valence-electron chi connectivity index (χ3n) is 3.62. The first-order valence-electron chi connectivity index (χ1n) is 7.15.